The number of carbonyl (C=O) groups is 4. The van der Waals surface area contributed by atoms with Crippen LogP contribution in [-0.2, 0) is 19.1 Å². The van der Waals surface area contributed by atoms with Gasteiger partial charge in [0.2, 0.25) is 11.8 Å². The van der Waals surface area contributed by atoms with Crippen molar-refractivity contribution in [2.75, 3.05) is 13.7 Å². The van der Waals surface area contributed by atoms with Gasteiger partial charge in [0.05, 0.1) is 18.9 Å². The Bertz CT molecular complexity index is 865. The number of methoxy groups -OCH3 is 1. The third-order valence-electron chi connectivity index (χ3n) is 6.85. The van der Waals surface area contributed by atoms with Crippen molar-refractivity contribution in [1.29, 1.82) is 0 Å². The number of nitrogens with zero attached hydrogens (tertiary/aromatic N) is 1. The van der Waals surface area contributed by atoms with Gasteiger partial charge < -0.3 is 9.47 Å². The Balaban J connectivity index is 1.47. The number of hydrogen-bond acceptors (Lipinski definition) is 6. The second-order valence-corrected chi connectivity index (χ2v) is 8.88. The van der Waals surface area contributed by atoms with Crippen LogP contribution in [-0.4, -0.2) is 48.2 Å². The van der Waals surface area contributed by atoms with E-state index in [-0.39, 0.29) is 47.2 Å². The Morgan fingerprint density at radius 1 is 1.10 bits per heavy atom. The monoisotopic (exact) mass is 413 g/mol. The molecule has 0 spiro atoms. The number of Topliss-reactive ketones (excluding diaryl/α,β-unsaturated/α-hetero) is 1. The first-order chi connectivity index (χ1) is 14.3. The Kier molecular flexibility index (Phi) is 5.38. The highest BCUT2D eigenvalue weighted by molar-refractivity contribution is 6.09. The molecule has 160 valence electrons. The summed E-state index contributed by atoms with van der Waals surface area (Å²) in [4.78, 5) is 52.6. The number of amides is 2. The fourth-order valence-corrected chi connectivity index (χ4v) is 5.48. The highest BCUT2D eigenvalue weighted by Crippen LogP contribution is 2.56. The Morgan fingerprint density at radius 2 is 1.73 bits per heavy atom. The summed E-state index contributed by atoms with van der Waals surface area (Å²) in [5.74, 6) is -1.43. The second kappa shape index (κ2) is 7.85. The van der Waals surface area contributed by atoms with Crippen LogP contribution in [0, 0.1) is 29.6 Å². The summed E-state index contributed by atoms with van der Waals surface area (Å²) >= 11 is 0. The van der Waals surface area contributed by atoms with Crippen LogP contribution in [0.5, 0.6) is 5.75 Å². The standard InChI is InChI=1S/C23H27NO6/c1-12(2)20(23(28)30-11-17(25)13-5-4-6-16(10-13)29-3)24-21(26)18-14-7-8-15(9-14)19(18)22(24)27/h4-6,10,12,14-15,18-20H,7-9,11H2,1-3H3/t14-,15-,18-,19-,20+/m0/s1. The first kappa shape index (κ1) is 20.6. The van der Waals surface area contributed by atoms with Crippen molar-refractivity contribution in [1.82, 2.24) is 4.90 Å². The zero-order chi connectivity index (χ0) is 21.6. The second-order valence-electron chi connectivity index (χ2n) is 8.88. The number of hydrogen-bond donors (Lipinski definition) is 0. The molecule has 0 radical (unpaired) electrons. The van der Waals surface area contributed by atoms with Gasteiger partial charge in [-0.2, -0.15) is 0 Å². The minimum atomic E-state index is -1.01. The van der Waals surface area contributed by atoms with Gasteiger partial charge in [-0.3, -0.25) is 19.3 Å². The largest absolute Gasteiger partial charge is 0.497 e. The molecule has 2 bridgehead atoms. The van der Waals surface area contributed by atoms with Crippen LogP contribution in [0.2, 0.25) is 0 Å². The molecule has 7 nitrogen and oxygen atoms in total. The molecule has 0 N–H and O–H groups in total. The molecule has 7 heteroatoms. The number of carbonyl (C=O) groups excluding carboxylic acids is 4. The summed E-state index contributed by atoms with van der Waals surface area (Å²) in [6, 6.07) is 5.57. The molecule has 1 aliphatic heterocycles. The molecule has 3 aliphatic rings. The number of benzene rings is 1. The quantitative estimate of drug-likeness (QED) is 0.388. The molecular weight excluding hydrogens is 386 g/mol. The molecule has 1 saturated heterocycles. The van der Waals surface area contributed by atoms with Crippen molar-refractivity contribution >= 4 is 23.6 Å². The molecule has 2 aliphatic carbocycles. The Hall–Kier alpha value is -2.70. The molecule has 0 aromatic heterocycles. The number of likely N-dealkylation sites (tertiary alicyclic amines) is 1. The average molecular weight is 413 g/mol. The van der Waals surface area contributed by atoms with Gasteiger partial charge in [0, 0.05) is 5.56 Å². The maximum Gasteiger partial charge on any atom is 0.330 e. The first-order valence-electron chi connectivity index (χ1n) is 10.5. The van der Waals surface area contributed by atoms with Gasteiger partial charge in [0.25, 0.3) is 0 Å². The van der Waals surface area contributed by atoms with E-state index >= 15 is 0 Å². The number of ether oxygens (including phenoxy) is 2. The summed E-state index contributed by atoms with van der Waals surface area (Å²) in [5, 5.41) is 0. The van der Waals surface area contributed by atoms with Gasteiger partial charge in [-0.1, -0.05) is 26.0 Å². The zero-order valence-corrected chi connectivity index (χ0v) is 17.5. The minimum Gasteiger partial charge on any atom is -0.497 e. The van der Waals surface area contributed by atoms with E-state index in [0.29, 0.717) is 11.3 Å². The summed E-state index contributed by atoms with van der Waals surface area (Å²) in [5.41, 5.74) is 0.364. The van der Waals surface area contributed by atoms with Gasteiger partial charge in [0.1, 0.15) is 11.8 Å². The van der Waals surface area contributed by atoms with E-state index < -0.39 is 18.6 Å². The van der Waals surface area contributed by atoms with Gasteiger partial charge in [-0.15, -0.1) is 0 Å². The van der Waals surface area contributed by atoms with E-state index in [2.05, 4.69) is 0 Å². The molecule has 4 rings (SSSR count). The van der Waals surface area contributed by atoms with Gasteiger partial charge >= 0.3 is 5.97 Å². The maximum atomic E-state index is 13.1. The lowest BCUT2D eigenvalue weighted by Gasteiger charge is -2.28. The van der Waals surface area contributed by atoms with Crippen molar-refractivity contribution in [3.05, 3.63) is 29.8 Å². The molecule has 1 aromatic rings. The van der Waals surface area contributed by atoms with E-state index in [1.807, 2.05) is 0 Å². The average Bonchev–Trinajstić information content (AvgIpc) is 3.42. The number of ketones is 1. The third kappa shape index (κ3) is 3.30. The van der Waals surface area contributed by atoms with Crippen LogP contribution in [0.3, 0.4) is 0 Å². The number of rotatable bonds is 7. The molecule has 2 saturated carbocycles. The highest BCUT2D eigenvalue weighted by atomic mass is 16.5. The van der Waals surface area contributed by atoms with Crippen LogP contribution in [0.25, 0.3) is 0 Å². The van der Waals surface area contributed by atoms with Crippen molar-refractivity contribution in [3.63, 3.8) is 0 Å². The molecule has 30 heavy (non-hydrogen) atoms. The summed E-state index contributed by atoms with van der Waals surface area (Å²) in [7, 11) is 1.50. The van der Waals surface area contributed by atoms with Crippen molar-refractivity contribution in [3.8, 4) is 5.75 Å². The molecule has 5 atom stereocenters. The van der Waals surface area contributed by atoms with Crippen LogP contribution in [0.15, 0.2) is 24.3 Å². The lowest BCUT2D eigenvalue weighted by Crippen LogP contribution is -2.50. The summed E-state index contributed by atoms with van der Waals surface area (Å²) in [6.07, 6.45) is 2.89. The maximum absolute atomic E-state index is 13.1. The van der Waals surface area contributed by atoms with E-state index in [1.54, 1.807) is 38.1 Å². The van der Waals surface area contributed by atoms with Crippen LogP contribution in [0.1, 0.15) is 43.5 Å². The molecule has 3 fully saturated rings. The topological polar surface area (TPSA) is 90.0 Å². The Labute approximate surface area is 175 Å². The van der Waals surface area contributed by atoms with Crippen molar-refractivity contribution < 1.29 is 28.7 Å². The molecule has 2 amide bonds. The molecule has 1 aromatic carbocycles. The van der Waals surface area contributed by atoms with Crippen LogP contribution < -0.4 is 4.74 Å². The van der Waals surface area contributed by atoms with E-state index in [1.165, 1.54) is 7.11 Å². The third-order valence-corrected chi connectivity index (χ3v) is 6.85. The predicted octanol–water partition coefficient (Wildman–Crippen LogP) is 2.48. The van der Waals surface area contributed by atoms with Gasteiger partial charge in [-0.05, 0) is 49.1 Å². The van der Waals surface area contributed by atoms with E-state index in [4.69, 9.17) is 9.47 Å². The lowest BCUT2D eigenvalue weighted by molar-refractivity contribution is -0.160. The summed E-state index contributed by atoms with van der Waals surface area (Å²) < 4.78 is 10.4. The fraction of sp³-hybridized carbons (Fsp3) is 0.565. The number of imide groups is 1. The molecular formula is C23H27NO6. The first-order valence-corrected chi connectivity index (χ1v) is 10.5. The van der Waals surface area contributed by atoms with Crippen molar-refractivity contribution in [2.24, 2.45) is 29.6 Å². The lowest BCUT2D eigenvalue weighted by atomic mass is 9.81. The zero-order valence-electron chi connectivity index (χ0n) is 17.5. The number of fused-ring (bicyclic) bond motifs is 5. The van der Waals surface area contributed by atoms with Gasteiger partial charge in [0.15, 0.2) is 12.4 Å². The van der Waals surface area contributed by atoms with Crippen molar-refractivity contribution in [2.45, 2.75) is 39.2 Å². The normalized spacial score (nSPS) is 28.1. The van der Waals surface area contributed by atoms with E-state index in [0.717, 1.165) is 24.2 Å². The number of esters is 1. The molecule has 0 unspecified atom stereocenters. The predicted molar refractivity (Wildman–Crippen MR) is 107 cm³/mol. The van der Waals surface area contributed by atoms with E-state index in [9.17, 15) is 19.2 Å². The summed E-state index contributed by atoms with van der Waals surface area (Å²) in [6.45, 7) is 3.10. The van der Waals surface area contributed by atoms with Gasteiger partial charge in [-0.25, -0.2) is 4.79 Å². The SMILES string of the molecule is COc1cccc(C(=O)COC(=O)[C@@H](C(C)C)N2C(=O)[C@H]3[C@H]4CC[C@@H](C4)[C@@H]3C2=O)c1. The minimum absolute atomic E-state index is 0.244. The highest BCUT2D eigenvalue weighted by Gasteiger charge is 2.62. The van der Waals surface area contributed by atoms with Crippen LogP contribution >= 0.6 is 0 Å². The smallest absolute Gasteiger partial charge is 0.330 e. The Morgan fingerprint density at radius 3 is 2.30 bits per heavy atom. The fourth-order valence-electron chi connectivity index (χ4n) is 5.48. The molecule has 1 heterocycles. The van der Waals surface area contributed by atoms with Crippen LogP contribution in [0.4, 0.5) is 0 Å².